The standard InChI is InChI=1S/C14H16ClN3O/c1-10(2)13(11-3-5-12(15)6-4-11)17-14(19)18-8-7-16-9-18/h3-10,13H,1-2H3,(H,17,19). The molecule has 2 rings (SSSR count). The van der Waals surface area contributed by atoms with Crippen molar-refractivity contribution in [2.45, 2.75) is 19.9 Å². The molecule has 1 aromatic heterocycles. The minimum atomic E-state index is -0.189. The first kappa shape index (κ1) is 13.6. The third kappa shape index (κ3) is 3.35. The van der Waals surface area contributed by atoms with Crippen LogP contribution in [0.2, 0.25) is 5.02 Å². The number of halogens is 1. The van der Waals surface area contributed by atoms with Gasteiger partial charge in [0, 0.05) is 17.4 Å². The third-order valence-corrected chi connectivity index (χ3v) is 3.17. The van der Waals surface area contributed by atoms with Gasteiger partial charge in [-0.25, -0.2) is 9.78 Å². The molecule has 1 aromatic carbocycles. The van der Waals surface area contributed by atoms with E-state index in [0.29, 0.717) is 5.02 Å². The van der Waals surface area contributed by atoms with Crippen LogP contribution in [-0.4, -0.2) is 15.6 Å². The van der Waals surface area contributed by atoms with Gasteiger partial charge in [0.05, 0.1) is 6.04 Å². The summed E-state index contributed by atoms with van der Waals surface area (Å²) in [6.07, 6.45) is 4.68. The summed E-state index contributed by atoms with van der Waals surface area (Å²) in [5.74, 6) is 0.272. The zero-order chi connectivity index (χ0) is 13.8. The molecule has 1 N–H and O–H groups in total. The molecule has 1 heterocycles. The molecule has 0 aliphatic heterocycles. The van der Waals surface area contributed by atoms with Crippen LogP contribution >= 0.6 is 11.6 Å². The average molecular weight is 278 g/mol. The van der Waals surface area contributed by atoms with Crippen molar-refractivity contribution >= 4 is 17.6 Å². The van der Waals surface area contributed by atoms with Crippen LogP contribution in [0.1, 0.15) is 25.5 Å². The minimum Gasteiger partial charge on any atom is -0.330 e. The van der Waals surface area contributed by atoms with Crippen molar-refractivity contribution in [3.63, 3.8) is 0 Å². The normalized spacial score (nSPS) is 12.4. The molecule has 0 saturated heterocycles. The fourth-order valence-electron chi connectivity index (χ4n) is 1.89. The second kappa shape index (κ2) is 5.89. The fourth-order valence-corrected chi connectivity index (χ4v) is 2.02. The zero-order valence-electron chi connectivity index (χ0n) is 10.9. The van der Waals surface area contributed by atoms with Gasteiger partial charge in [0.2, 0.25) is 0 Å². The number of carbonyl (C=O) groups is 1. The van der Waals surface area contributed by atoms with Crippen LogP contribution in [0.4, 0.5) is 4.79 Å². The zero-order valence-corrected chi connectivity index (χ0v) is 11.6. The van der Waals surface area contributed by atoms with Gasteiger partial charge in [0.25, 0.3) is 0 Å². The Balaban J connectivity index is 2.17. The number of carbonyl (C=O) groups excluding carboxylic acids is 1. The minimum absolute atomic E-state index is 0.0628. The largest absolute Gasteiger partial charge is 0.330 e. The lowest BCUT2D eigenvalue weighted by molar-refractivity contribution is 0.234. The van der Waals surface area contributed by atoms with Gasteiger partial charge in [-0.1, -0.05) is 37.6 Å². The predicted molar refractivity (Wildman–Crippen MR) is 75.2 cm³/mol. The Hall–Kier alpha value is -1.81. The molecule has 0 radical (unpaired) electrons. The van der Waals surface area contributed by atoms with E-state index in [1.54, 1.807) is 12.4 Å². The molecule has 0 fully saturated rings. The molecular weight excluding hydrogens is 262 g/mol. The fraction of sp³-hybridized carbons (Fsp3) is 0.286. The molecule has 0 saturated carbocycles. The van der Waals surface area contributed by atoms with Crippen molar-refractivity contribution in [3.8, 4) is 0 Å². The molecule has 0 bridgehead atoms. The summed E-state index contributed by atoms with van der Waals surface area (Å²) in [6.45, 7) is 4.13. The van der Waals surface area contributed by atoms with Gasteiger partial charge in [0.15, 0.2) is 0 Å². The van der Waals surface area contributed by atoms with Crippen molar-refractivity contribution < 1.29 is 4.79 Å². The van der Waals surface area contributed by atoms with Gasteiger partial charge < -0.3 is 5.32 Å². The van der Waals surface area contributed by atoms with E-state index in [4.69, 9.17) is 11.6 Å². The molecule has 1 unspecified atom stereocenters. The molecule has 5 heteroatoms. The first-order valence-electron chi connectivity index (χ1n) is 6.12. The second-order valence-corrected chi connectivity index (χ2v) is 5.13. The van der Waals surface area contributed by atoms with Gasteiger partial charge >= 0.3 is 6.03 Å². The van der Waals surface area contributed by atoms with Gasteiger partial charge in [-0.05, 0) is 23.6 Å². The molecule has 2 aromatic rings. The lowest BCUT2D eigenvalue weighted by Crippen LogP contribution is -2.34. The van der Waals surface area contributed by atoms with Crippen molar-refractivity contribution in [2.75, 3.05) is 0 Å². The van der Waals surface area contributed by atoms with E-state index < -0.39 is 0 Å². The Labute approximate surface area is 117 Å². The lowest BCUT2D eigenvalue weighted by Gasteiger charge is -2.23. The molecule has 0 aliphatic carbocycles. The Bertz CT molecular complexity index is 534. The highest BCUT2D eigenvalue weighted by molar-refractivity contribution is 6.30. The molecule has 0 aliphatic rings. The summed E-state index contributed by atoms with van der Waals surface area (Å²) in [5.41, 5.74) is 1.04. The highest BCUT2D eigenvalue weighted by atomic mass is 35.5. The number of nitrogens with zero attached hydrogens (tertiary/aromatic N) is 2. The number of benzene rings is 1. The predicted octanol–water partition coefficient (Wildman–Crippen LogP) is 3.49. The topological polar surface area (TPSA) is 46.9 Å². The summed E-state index contributed by atoms with van der Waals surface area (Å²) in [4.78, 5) is 15.9. The van der Waals surface area contributed by atoms with Crippen LogP contribution < -0.4 is 5.32 Å². The van der Waals surface area contributed by atoms with Gasteiger partial charge in [0.1, 0.15) is 6.33 Å². The number of nitrogens with one attached hydrogen (secondary N) is 1. The molecule has 1 atom stereocenters. The van der Waals surface area contributed by atoms with E-state index in [1.165, 1.54) is 10.9 Å². The SMILES string of the molecule is CC(C)C(NC(=O)n1ccnc1)c1ccc(Cl)cc1. The third-order valence-electron chi connectivity index (χ3n) is 2.91. The van der Waals surface area contributed by atoms with Crippen molar-refractivity contribution in [1.82, 2.24) is 14.9 Å². The number of hydrogen-bond acceptors (Lipinski definition) is 2. The number of rotatable bonds is 3. The maximum atomic E-state index is 12.0. The summed E-state index contributed by atoms with van der Waals surface area (Å²) >= 11 is 5.88. The monoisotopic (exact) mass is 277 g/mol. The number of aromatic nitrogens is 2. The van der Waals surface area contributed by atoms with Crippen molar-refractivity contribution in [1.29, 1.82) is 0 Å². The molecule has 19 heavy (non-hydrogen) atoms. The van der Waals surface area contributed by atoms with E-state index in [0.717, 1.165) is 5.56 Å². The van der Waals surface area contributed by atoms with E-state index in [2.05, 4.69) is 24.1 Å². The molecule has 4 nitrogen and oxygen atoms in total. The maximum Gasteiger partial charge on any atom is 0.327 e. The number of amides is 1. The van der Waals surface area contributed by atoms with Crippen LogP contribution in [-0.2, 0) is 0 Å². The Morgan fingerprint density at radius 2 is 2.00 bits per heavy atom. The highest BCUT2D eigenvalue weighted by Gasteiger charge is 2.18. The van der Waals surface area contributed by atoms with Crippen LogP contribution in [0, 0.1) is 5.92 Å². The number of imidazole rings is 1. The smallest absolute Gasteiger partial charge is 0.327 e. The molecule has 100 valence electrons. The van der Waals surface area contributed by atoms with Crippen LogP contribution in [0.25, 0.3) is 0 Å². The maximum absolute atomic E-state index is 12.0. The second-order valence-electron chi connectivity index (χ2n) is 4.69. The summed E-state index contributed by atoms with van der Waals surface area (Å²) in [6, 6.07) is 7.27. The van der Waals surface area contributed by atoms with Gasteiger partial charge in [-0.3, -0.25) is 4.57 Å². The first-order valence-corrected chi connectivity index (χ1v) is 6.50. The first-order chi connectivity index (χ1) is 9.08. The van der Waals surface area contributed by atoms with E-state index in [1.807, 2.05) is 24.3 Å². The average Bonchev–Trinajstić information content (AvgIpc) is 2.90. The molecular formula is C14H16ClN3O. The quantitative estimate of drug-likeness (QED) is 0.933. The van der Waals surface area contributed by atoms with Crippen LogP contribution in [0.15, 0.2) is 43.0 Å². The van der Waals surface area contributed by atoms with Gasteiger partial charge in [-0.15, -0.1) is 0 Å². The van der Waals surface area contributed by atoms with Crippen LogP contribution in [0.3, 0.4) is 0 Å². The summed E-state index contributed by atoms with van der Waals surface area (Å²) in [7, 11) is 0. The van der Waals surface area contributed by atoms with Crippen molar-refractivity contribution in [2.24, 2.45) is 5.92 Å². The van der Waals surface area contributed by atoms with Crippen molar-refractivity contribution in [3.05, 3.63) is 53.6 Å². The highest BCUT2D eigenvalue weighted by Crippen LogP contribution is 2.23. The van der Waals surface area contributed by atoms with E-state index in [-0.39, 0.29) is 18.0 Å². The Morgan fingerprint density at radius 1 is 1.32 bits per heavy atom. The summed E-state index contributed by atoms with van der Waals surface area (Å²) in [5, 5.41) is 3.68. The van der Waals surface area contributed by atoms with Gasteiger partial charge in [-0.2, -0.15) is 0 Å². The molecule has 0 spiro atoms. The summed E-state index contributed by atoms with van der Waals surface area (Å²) < 4.78 is 1.42. The lowest BCUT2D eigenvalue weighted by atomic mass is 9.96. The Kier molecular flexibility index (Phi) is 4.22. The van der Waals surface area contributed by atoms with E-state index >= 15 is 0 Å². The number of hydrogen-bond donors (Lipinski definition) is 1. The van der Waals surface area contributed by atoms with E-state index in [9.17, 15) is 4.79 Å². The van der Waals surface area contributed by atoms with Crippen LogP contribution in [0.5, 0.6) is 0 Å². The Morgan fingerprint density at radius 3 is 2.53 bits per heavy atom. The molecule has 1 amide bonds.